The van der Waals surface area contributed by atoms with E-state index in [9.17, 15) is 4.89 Å². The lowest BCUT2D eigenvalue weighted by atomic mass is 10.0. The van der Waals surface area contributed by atoms with Crippen molar-refractivity contribution in [2.75, 3.05) is 31.8 Å². The van der Waals surface area contributed by atoms with Gasteiger partial charge in [-0.2, -0.15) is 0 Å². The van der Waals surface area contributed by atoms with Gasteiger partial charge in [-0.05, 0) is 12.8 Å². The minimum absolute atomic E-state index is 0.470. The molecule has 176 valence electrons. The van der Waals surface area contributed by atoms with Crippen LogP contribution in [0.1, 0.15) is 116 Å². The molecular weight excluding hydrogens is 451 g/mol. The predicted molar refractivity (Wildman–Crippen MR) is 130 cm³/mol. The number of hydrogen-bond acceptors (Lipinski definition) is 4. The van der Waals surface area contributed by atoms with Gasteiger partial charge in [-0.15, -0.1) is 0 Å². The summed E-state index contributed by atoms with van der Waals surface area (Å²) in [6, 6.07) is 0. The first-order valence-corrected chi connectivity index (χ1v) is 14.4. The van der Waals surface area contributed by atoms with E-state index in [4.69, 9.17) is 13.8 Å². The molecule has 0 aliphatic carbocycles. The van der Waals surface area contributed by atoms with Crippen LogP contribution in [0, 0.1) is 0 Å². The van der Waals surface area contributed by atoms with Crippen molar-refractivity contribution >= 4 is 24.5 Å². The van der Waals surface area contributed by atoms with Crippen molar-refractivity contribution in [2.45, 2.75) is 116 Å². The van der Waals surface area contributed by atoms with Gasteiger partial charge >= 0.3 is 8.60 Å². The fraction of sp³-hybridized carbons (Fsp3) is 1.00. The minimum Gasteiger partial charge on any atom is -0.381 e. The first-order chi connectivity index (χ1) is 14.3. The van der Waals surface area contributed by atoms with Gasteiger partial charge in [0.2, 0.25) is 0 Å². The predicted octanol–water partition coefficient (Wildman–Crippen LogP) is 8.30. The molecule has 1 unspecified atom stereocenters. The van der Waals surface area contributed by atoms with Crippen molar-refractivity contribution in [3.05, 3.63) is 0 Å². The van der Waals surface area contributed by atoms with E-state index < -0.39 is 8.60 Å². The van der Waals surface area contributed by atoms with Crippen molar-refractivity contribution in [1.82, 2.24) is 0 Å². The highest BCUT2D eigenvalue weighted by Crippen LogP contribution is 2.32. The Balaban J connectivity index is 3.03. The molecule has 0 bridgehead atoms. The molecule has 0 aliphatic heterocycles. The zero-order valence-electron chi connectivity index (χ0n) is 19.1. The van der Waals surface area contributed by atoms with E-state index in [0.29, 0.717) is 25.2 Å². The quantitative estimate of drug-likeness (QED) is 0.0780. The Morgan fingerprint density at radius 3 is 1.45 bits per heavy atom. The average molecular weight is 500 g/mol. The summed E-state index contributed by atoms with van der Waals surface area (Å²) in [6.07, 6.45) is 23.1. The van der Waals surface area contributed by atoms with Crippen LogP contribution in [-0.4, -0.2) is 36.7 Å². The highest BCUT2D eigenvalue weighted by molar-refractivity contribution is 9.09. The van der Waals surface area contributed by atoms with Crippen LogP contribution in [0.15, 0.2) is 0 Å². The Hall–Kier alpha value is 0.750. The highest BCUT2D eigenvalue weighted by Gasteiger charge is 2.05. The SMILES string of the molecule is CCCCCCCCCCCCCCCCCCOCCCOP(O)OCCBr. The summed E-state index contributed by atoms with van der Waals surface area (Å²) in [6.45, 7) is 4.78. The van der Waals surface area contributed by atoms with Crippen LogP contribution >= 0.6 is 24.5 Å². The van der Waals surface area contributed by atoms with Gasteiger partial charge in [-0.3, -0.25) is 0 Å². The summed E-state index contributed by atoms with van der Waals surface area (Å²) < 4.78 is 15.8. The topological polar surface area (TPSA) is 47.9 Å². The Kier molecular flexibility index (Phi) is 27.5. The van der Waals surface area contributed by atoms with Crippen LogP contribution in [0.25, 0.3) is 0 Å². The summed E-state index contributed by atoms with van der Waals surface area (Å²) in [5.74, 6) is 0. The van der Waals surface area contributed by atoms with Crippen LogP contribution in [-0.2, 0) is 13.8 Å². The zero-order valence-corrected chi connectivity index (χ0v) is 21.5. The number of alkyl halides is 1. The Morgan fingerprint density at radius 1 is 0.552 bits per heavy atom. The van der Waals surface area contributed by atoms with E-state index in [1.807, 2.05) is 0 Å². The molecular formula is C23H48BrO4P. The van der Waals surface area contributed by atoms with Crippen LogP contribution in [0.5, 0.6) is 0 Å². The van der Waals surface area contributed by atoms with Crippen LogP contribution in [0.3, 0.4) is 0 Å². The third kappa shape index (κ3) is 26.7. The third-order valence-electron chi connectivity index (χ3n) is 5.06. The molecule has 0 heterocycles. The number of unbranched alkanes of at least 4 members (excludes halogenated alkanes) is 15. The lowest BCUT2D eigenvalue weighted by Crippen LogP contribution is -2.01. The minimum atomic E-state index is -1.72. The zero-order chi connectivity index (χ0) is 21.3. The van der Waals surface area contributed by atoms with Crippen LogP contribution in [0.4, 0.5) is 0 Å². The van der Waals surface area contributed by atoms with Gasteiger partial charge in [0.25, 0.3) is 0 Å². The second-order valence-electron chi connectivity index (χ2n) is 7.86. The molecule has 0 fully saturated rings. The summed E-state index contributed by atoms with van der Waals surface area (Å²) in [5.41, 5.74) is 0. The second-order valence-corrected chi connectivity index (χ2v) is 9.65. The first-order valence-electron chi connectivity index (χ1n) is 12.2. The Morgan fingerprint density at radius 2 is 0.966 bits per heavy atom. The first kappa shape index (κ1) is 29.8. The molecule has 0 rings (SSSR count). The smallest absolute Gasteiger partial charge is 0.329 e. The molecule has 4 nitrogen and oxygen atoms in total. The summed E-state index contributed by atoms with van der Waals surface area (Å²) in [5, 5.41) is 0.707. The maximum atomic E-state index is 9.40. The lowest BCUT2D eigenvalue weighted by molar-refractivity contribution is 0.111. The molecule has 1 N–H and O–H groups in total. The number of ether oxygens (including phenoxy) is 1. The van der Waals surface area contributed by atoms with Gasteiger partial charge in [-0.1, -0.05) is 119 Å². The van der Waals surface area contributed by atoms with Gasteiger partial charge in [-0.25, -0.2) is 0 Å². The summed E-state index contributed by atoms with van der Waals surface area (Å²) in [4.78, 5) is 9.40. The average Bonchev–Trinajstić information content (AvgIpc) is 2.73. The van der Waals surface area contributed by atoms with Crippen molar-refractivity contribution in [1.29, 1.82) is 0 Å². The van der Waals surface area contributed by atoms with E-state index in [2.05, 4.69) is 22.9 Å². The maximum absolute atomic E-state index is 9.40. The molecule has 0 aliphatic rings. The number of rotatable bonds is 25. The molecule has 0 radical (unpaired) electrons. The Labute approximate surface area is 191 Å². The van der Waals surface area contributed by atoms with Gasteiger partial charge < -0.3 is 18.7 Å². The van der Waals surface area contributed by atoms with E-state index in [1.165, 1.54) is 96.3 Å². The molecule has 0 aromatic rings. The molecule has 0 amide bonds. The monoisotopic (exact) mass is 498 g/mol. The maximum Gasteiger partial charge on any atom is 0.329 e. The summed E-state index contributed by atoms with van der Waals surface area (Å²) >= 11 is 3.24. The number of hydrogen-bond donors (Lipinski definition) is 1. The third-order valence-corrected chi connectivity index (χ3v) is 6.19. The summed E-state index contributed by atoms with van der Waals surface area (Å²) in [7, 11) is -1.72. The molecule has 29 heavy (non-hydrogen) atoms. The van der Waals surface area contributed by atoms with Crippen molar-refractivity contribution < 1.29 is 18.7 Å². The number of halogens is 1. The van der Waals surface area contributed by atoms with E-state index in [1.54, 1.807) is 0 Å². The fourth-order valence-electron chi connectivity index (χ4n) is 3.31. The fourth-order valence-corrected chi connectivity index (χ4v) is 4.33. The molecule has 0 saturated carbocycles. The van der Waals surface area contributed by atoms with E-state index >= 15 is 0 Å². The Bertz CT molecular complexity index is 298. The lowest BCUT2D eigenvalue weighted by Gasteiger charge is -2.09. The standard InChI is InChI=1S/C23H48BrO4P/c1-2-3-4-5-6-7-8-9-10-11-12-13-14-15-16-17-20-26-21-18-22-27-29(25)28-23-19-24/h25H,2-23H2,1H3. The molecule has 0 saturated heterocycles. The molecule has 1 atom stereocenters. The van der Waals surface area contributed by atoms with Gasteiger partial charge in [0, 0.05) is 18.5 Å². The van der Waals surface area contributed by atoms with Crippen molar-refractivity contribution in [3.8, 4) is 0 Å². The van der Waals surface area contributed by atoms with Crippen molar-refractivity contribution in [2.24, 2.45) is 0 Å². The normalized spacial score (nSPS) is 12.5. The molecule has 6 heteroatoms. The van der Waals surface area contributed by atoms with Gasteiger partial charge in [0.05, 0.1) is 13.2 Å². The van der Waals surface area contributed by atoms with E-state index in [-0.39, 0.29) is 0 Å². The van der Waals surface area contributed by atoms with Crippen molar-refractivity contribution in [3.63, 3.8) is 0 Å². The van der Waals surface area contributed by atoms with E-state index in [0.717, 1.165) is 19.4 Å². The van der Waals surface area contributed by atoms with Gasteiger partial charge in [0.15, 0.2) is 0 Å². The van der Waals surface area contributed by atoms with Crippen LogP contribution < -0.4 is 0 Å². The van der Waals surface area contributed by atoms with Crippen LogP contribution in [0.2, 0.25) is 0 Å². The molecule has 0 spiro atoms. The van der Waals surface area contributed by atoms with Gasteiger partial charge in [0.1, 0.15) is 0 Å². The second kappa shape index (κ2) is 26.8. The largest absolute Gasteiger partial charge is 0.381 e. The molecule has 0 aromatic heterocycles. The highest BCUT2D eigenvalue weighted by atomic mass is 79.9. The molecule has 0 aromatic carbocycles.